The maximum atomic E-state index is 13.2. The fourth-order valence-corrected chi connectivity index (χ4v) is 7.77. The summed E-state index contributed by atoms with van der Waals surface area (Å²) in [4.78, 5) is 37.7. The molecule has 2 saturated carbocycles. The number of rotatable bonds is 9. The Kier molecular flexibility index (Phi) is 7.13. The molecular weight excluding hydrogens is 472 g/mol. The van der Waals surface area contributed by atoms with Crippen molar-refractivity contribution in [1.82, 2.24) is 0 Å². The molecule has 204 valence electrons. The fraction of sp³-hybridized carbons (Fsp3) is 0.700. The van der Waals surface area contributed by atoms with Gasteiger partial charge in [0.2, 0.25) is 0 Å². The van der Waals surface area contributed by atoms with Crippen LogP contribution >= 0.6 is 0 Å². The number of ether oxygens (including phenoxy) is 2. The molecule has 4 rings (SSSR count). The summed E-state index contributed by atoms with van der Waals surface area (Å²) < 4.78 is 11.5. The Morgan fingerprint density at radius 1 is 1.19 bits per heavy atom. The smallest absolute Gasteiger partial charge is 0.306 e. The lowest BCUT2D eigenvalue weighted by molar-refractivity contribution is -0.187. The van der Waals surface area contributed by atoms with Crippen LogP contribution < -0.4 is 0 Å². The van der Waals surface area contributed by atoms with Crippen LogP contribution in [-0.4, -0.2) is 51.3 Å². The normalized spacial score (nSPS) is 39.3. The van der Waals surface area contributed by atoms with Crippen LogP contribution in [0, 0.1) is 29.1 Å². The number of allylic oxidation sites excluding steroid dienone is 1. The van der Waals surface area contributed by atoms with Crippen LogP contribution in [0.25, 0.3) is 0 Å². The van der Waals surface area contributed by atoms with Crippen molar-refractivity contribution in [3.8, 4) is 0 Å². The van der Waals surface area contributed by atoms with E-state index in [0.29, 0.717) is 24.0 Å². The SMILES string of the molecule is C=CCCCCCC(=O)OC12CC(C)C3(O)C(C=C(COC(C)=O)CC4(O)C(=O)C(C)=CC43)C1C2(C)C. The first-order valence-electron chi connectivity index (χ1n) is 13.6. The summed E-state index contributed by atoms with van der Waals surface area (Å²) in [6, 6.07) is 0. The molecule has 0 saturated heterocycles. The zero-order chi connectivity index (χ0) is 27.4. The summed E-state index contributed by atoms with van der Waals surface area (Å²) in [6.45, 7) is 12.7. The van der Waals surface area contributed by atoms with Crippen LogP contribution in [0.3, 0.4) is 0 Å². The number of fused-ring (bicyclic) bond motifs is 5. The zero-order valence-corrected chi connectivity index (χ0v) is 22.8. The Bertz CT molecular complexity index is 1050. The molecule has 2 fully saturated rings. The Morgan fingerprint density at radius 2 is 1.89 bits per heavy atom. The highest BCUT2D eigenvalue weighted by atomic mass is 16.6. The quantitative estimate of drug-likeness (QED) is 0.269. The molecule has 0 aromatic heterocycles. The highest BCUT2D eigenvalue weighted by Crippen LogP contribution is 2.76. The second-order valence-corrected chi connectivity index (χ2v) is 12.3. The van der Waals surface area contributed by atoms with Crippen molar-refractivity contribution in [2.45, 2.75) is 96.4 Å². The van der Waals surface area contributed by atoms with Crippen molar-refractivity contribution in [3.63, 3.8) is 0 Å². The van der Waals surface area contributed by atoms with Gasteiger partial charge in [-0.15, -0.1) is 6.58 Å². The van der Waals surface area contributed by atoms with Gasteiger partial charge in [-0.1, -0.05) is 45.4 Å². The molecule has 0 aliphatic heterocycles. The molecule has 0 heterocycles. The van der Waals surface area contributed by atoms with Gasteiger partial charge in [-0.3, -0.25) is 14.4 Å². The minimum Gasteiger partial charge on any atom is -0.461 e. The molecule has 2 N–H and O–H groups in total. The van der Waals surface area contributed by atoms with E-state index >= 15 is 0 Å². The first-order valence-corrected chi connectivity index (χ1v) is 13.6. The molecule has 0 aromatic carbocycles. The number of esters is 2. The standard InChI is InChI=1S/C30H42O7/c1-7-8-9-10-11-12-24(32)37-29-15-19(3)30(35)22(25(29)27(29,5)6)14-21(17-36-20(4)31)16-28(34)23(30)13-18(2)26(28)33/h7,13-14,19,22-23,25,34-35H,1,8-12,15-17H2,2-6H3. The van der Waals surface area contributed by atoms with E-state index in [-0.39, 0.29) is 30.8 Å². The molecule has 7 nitrogen and oxygen atoms in total. The third-order valence-corrected chi connectivity index (χ3v) is 9.72. The average molecular weight is 515 g/mol. The summed E-state index contributed by atoms with van der Waals surface area (Å²) in [7, 11) is 0. The third kappa shape index (κ3) is 4.22. The Hall–Kier alpha value is -2.25. The van der Waals surface area contributed by atoms with E-state index in [1.54, 1.807) is 13.0 Å². The summed E-state index contributed by atoms with van der Waals surface area (Å²) in [5, 5.41) is 24.2. The highest BCUT2D eigenvalue weighted by Gasteiger charge is 2.83. The maximum Gasteiger partial charge on any atom is 0.306 e. The molecule has 0 aromatic rings. The van der Waals surface area contributed by atoms with E-state index in [2.05, 4.69) is 20.4 Å². The van der Waals surface area contributed by atoms with E-state index in [1.165, 1.54) is 6.92 Å². The first kappa shape index (κ1) is 27.8. The van der Waals surface area contributed by atoms with Crippen LogP contribution in [-0.2, 0) is 23.9 Å². The van der Waals surface area contributed by atoms with Crippen molar-refractivity contribution in [2.75, 3.05) is 6.61 Å². The van der Waals surface area contributed by atoms with Crippen molar-refractivity contribution in [1.29, 1.82) is 0 Å². The lowest BCUT2D eigenvalue weighted by Gasteiger charge is -2.50. The monoisotopic (exact) mass is 514 g/mol. The Labute approximate surface area is 220 Å². The number of aliphatic hydroxyl groups is 2. The number of ketones is 1. The summed E-state index contributed by atoms with van der Waals surface area (Å²) in [5.41, 5.74) is -3.38. The molecule has 0 spiro atoms. The summed E-state index contributed by atoms with van der Waals surface area (Å²) in [6.07, 6.45) is 9.86. The van der Waals surface area contributed by atoms with Gasteiger partial charge < -0.3 is 19.7 Å². The number of carbonyl (C=O) groups excluding carboxylic acids is 3. The lowest BCUT2D eigenvalue weighted by Crippen LogP contribution is -2.61. The minimum atomic E-state index is -1.81. The van der Waals surface area contributed by atoms with E-state index in [9.17, 15) is 24.6 Å². The highest BCUT2D eigenvalue weighted by molar-refractivity contribution is 6.04. The largest absolute Gasteiger partial charge is 0.461 e. The number of Topliss-reactive ketones (excluding diaryl/α,β-unsaturated/α-hetero) is 1. The predicted octanol–water partition coefficient (Wildman–Crippen LogP) is 4.22. The zero-order valence-electron chi connectivity index (χ0n) is 22.8. The second kappa shape index (κ2) is 9.49. The van der Waals surface area contributed by atoms with Crippen LogP contribution in [0.5, 0.6) is 0 Å². The molecule has 0 amide bonds. The van der Waals surface area contributed by atoms with Gasteiger partial charge in [0.1, 0.15) is 17.8 Å². The van der Waals surface area contributed by atoms with Gasteiger partial charge in [0, 0.05) is 42.9 Å². The van der Waals surface area contributed by atoms with Crippen LogP contribution in [0.1, 0.15) is 79.6 Å². The average Bonchev–Trinajstić information content (AvgIpc) is 3.21. The van der Waals surface area contributed by atoms with Gasteiger partial charge in [-0.2, -0.15) is 0 Å². The second-order valence-electron chi connectivity index (χ2n) is 12.3. The summed E-state index contributed by atoms with van der Waals surface area (Å²) in [5.74, 6) is -2.97. The summed E-state index contributed by atoms with van der Waals surface area (Å²) >= 11 is 0. The number of hydrogen-bond acceptors (Lipinski definition) is 7. The Balaban J connectivity index is 1.68. The fourth-order valence-electron chi connectivity index (χ4n) is 7.77. The van der Waals surface area contributed by atoms with Crippen molar-refractivity contribution in [2.24, 2.45) is 29.1 Å². The van der Waals surface area contributed by atoms with Crippen molar-refractivity contribution >= 4 is 17.7 Å². The minimum absolute atomic E-state index is 0.0200. The Morgan fingerprint density at radius 3 is 2.54 bits per heavy atom. The van der Waals surface area contributed by atoms with Crippen molar-refractivity contribution < 1.29 is 34.1 Å². The number of unbranched alkanes of at least 4 members (excludes halogenated alkanes) is 3. The number of hydrogen-bond donors (Lipinski definition) is 2. The number of carbonyl (C=O) groups is 3. The van der Waals surface area contributed by atoms with Gasteiger partial charge in [0.15, 0.2) is 5.78 Å². The van der Waals surface area contributed by atoms with E-state index in [1.807, 2.05) is 19.1 Å². The molecule has 4 aliphatic rings. The van der Waals surface area contributed by atoms with Gasteiger partial charge in [0.05, 0.1) is 5.60 Å². The van der Waals surface area contributed by atoms with Crippen LogP contribution in [0.15, 0.2) is 36.0 Å². The van der Waals surface area contributed by atoms with E-state index < -0.39 is 45.8 Å². The maximum absolute atomic E-state index is 13.2. The molecule has 7 atom stereocenters. The van der Waals surface area contributed by atoms with Gasteiger partial charge >= 0.3 is 11.9 Å². The molecule has 7 unspecified atom stereocenters. The topological polar surface area (TPSA) is 110 Å². The molecule has 37 heavy (non-hydrogen) atoms. The van der Waals surface area contributed by atoms with E-state index in [4.69, 9.17) is 9.47 Å². The molecular formula is C30H42O7. The van der Waals surface area contributed by atoms with Crippen LogP contribution in [0.2, 0.25) is 0 Å². The molecule has 7 heteroatoms. The lowest BCUT2D eigenvalue weighted by atomic mass is 9.60. The molecule has 0 radical (unpaired) electrons. The van der Waals surface area contributed by atoms with Gasteiger partial charge in [0.25, 0.3) is 0 Å². The predicted molar refractivity (Wildman–Crippen MR) is 138 cm³/mol. The first-order chi connectivity index (χ1) is 17.3. The van der Waals surface area contributed by atoms with Gasteiger partial charge in [-0.25, -0.2) is 0 Å². The molecule has 4 aliphatic carbocycles. The van der Waals surface area contributed by atoms with Crippen LogP contribution in [0.4, 0.5) is 0 Å². The van der Waals surface area contributed by atoms with Crippen molar-refractivity contribution in [3.05, 3.63) is 36.0 Å². The van der Waals surface area contributed by atoms with E-state index in [0.717, 1.165) is 25.7 Å². The molecule has 0 bridgehead atoms. The third-order valence-electron chi connectivity index (χ3n) is 9.72. The van der Waals surface area contributed by atoms with Gasteiger partial charge in [-0.05, 0) is 49.7 Å².